The summed E-state index contributed by atoms with van der Waals surface area (Å²) in [7, 11) is 1.46. The number of pyridine rings is 2. The molecule has 14 nitrogen and oxygen atoms in total. The quantitative estimate of drug-likeness (QED) is 0.0648. The summed E-state index contributed by atoms with van der Waals surface area (Å²) in [4.78, 5) is 61.1. The molecular formula is C51H58FN7O7. The number of carbonyl (C=O) groups excluding carboxylic acids is 4. The van der Waals surface area contributed by atoms with Crippen LogP contribution in [0.3, 0.4) is 0 Å². The first-order valence-electron chi connectivity index (χ1n) is 23.5. The first kappa shape index (κ1) is 45.1. The summed E-state index contributed by atoms with van der Waals surface area (Å²) in [6, 6.07) is 12.6. The fraction of sp³-hybridized carbons (Fsp3) is 0.490. The van der Waals surface area contributed by atoms with Crippen LogP contribution in [0.4, 0.5) is 4.39 Å². The number of aryl methyl sites for hydroxylation is 1. The molecule has 9 rings (SSSR count). The van der Waals surface area contributed by atoms with Gasteiger partial charge in [-0.05, 0) is 106 Å². The van der Waals surface area contributed by atoms with Crippen LogP contribution in [0.2, 0.25) is 0 Å². The van der Waals surface area contributed by atoms with Crippen LogP contribution >= 0.6 is 0 Å². The van der Waals surface area contributed by atoms with Crippen molar-refractivity contribution in [2.24, 2.45) is 23.5 Å². The van der Waals surface area contributed by atoms with E-state index in [1.54, 1.807) is 24.5 Å². The maximum atomic E-state index is 14.5. The number of primary amides is 1. The van der Waals surface area contributed by atoms with Crippen LogP contribution in [0.1, 0.15) is 98.7 Å². The van der Waals surface area contributed by atoms with Crippen LogP contribution in [0.5, 0.6) is 11.6 Å². The lowest BCUT2D eigenvalue weighted by Crippen LogP contribution is -2.41. The summed E-state index contributed by atoms with van der Waals surface area (Å²) in [5.74, 6) is 5.99. The molecule has 4 fully saturated rings. The molecule has 1 unspecified atom stereocenters. The van der Waals surface area contributed by atoms with Gasteiger partial charge in [0.25, 0.3) is 11.8 Å². The van der Waals surface area contributed by atoms with Crippen molar-refractivity contribution >= 4 is 56.3 Å². The predicted molar refractivity (Wildman–Crippen MR) is 248 cm³/mol. The molecule has 3 aromatic heterocycles. The highest BCUT2D eigenvalue weighted by Gasteiger charge is 2.42. The Balaban J connectivity index is 0.757. The molecule has 3 aliphatic heterocycles. The van der Waals surface area contributed by atoms with Crippen molar-refractivity contribution in [3.63, 3.8) is 0 Å². The molecule has 6 heterocycles. The second kappa shape index (κ2) is 19.8. The van der Waals surface area contributed by atoms with Crippen LogP contribution in [0.25, 0.3) is 32.7 Å². The highest BCUT2D eigenvalue weighted by atomic mass is 19.1. The molecule has 0 radical (unpaired) electrons. The van der Waals surface area contributed by atoms with E-state index in [2.05, 4.69) is 49.5 Å². The summed E-state index contributed by atoms with van der Waals surface area (Å²) in [6.45, 7) is 5.70. The minimum atomic E-state index is -1.58. The number of likely N-dealkylation sites (tertiary alicyclic amines) is 1. The first-order chi connectivity index (χ1) is 32.1. The molecule has 1 saturated carbocycles. The number of nitrogens with two attached hydrogens (primary N) is 1. The predicted octanol–water partition coefficient (Wildman–Crippen LogP) is 6.34. The maximum absolute atomic E-state index is 14.5. The lowest BCUT2D eigenvalue weighted by molar-refractivity contribution is -0.135. The molecule has 66 heavy (non-hydrogen) atoms. The number of hydrogen-bond acceptors (Lipinski definition) is 10. The molecular weight excluding hydrogens is 842 g/mol. The van der Waals surface area contributed by atoms with Crippen LogP contribution in [-0.2, 0) is 25.5 Å². The van der Waals surface area contributed by atoms with E-state index in [4.69, 9.17) is 19.9 Å². The van der Waals surface area contributed by atoms with E-state index in [1.165, 1.54) is 12.7 Å². The van der Waals surface area contributed by atoms with E-state index in [1.807, 2.05) is 29.7 Å². The Bertz CT molecular complexity index is 2710. The Kier molecular flexibility index (Phi) is 13.5. The van der Waals surface area contributed by atoms with Gasteiger partial charge < -0.3 is 34.7 Å². The van der Waals surface area contributed by atoms with Crippen LogP contribution in [0, 0.1) is 29.6 Å². The number of benzene rings is 2. The molecule has 5 aromatic rings. The third-order valence-electron chi connectivity index (χ3n) is 14.2. The number of amides is 4. The zero-order valence-corrected chi connectivity index (χ0v) is 37.7. The van der Waals surface area contributed by atoms with E-state index >= 15 is 0 Å². The molecule has 0 spiro atoms. The Morgan fingerprint density at radius 3 is 2.55 bits per heavy atom. The first-order valence-corrected chi connectivity index (χ1v) is 23.5. The highest BCUT2D eigenvalue weighted by Crippen LogP contribution is 2.37. The molecule has 1 aliphatic carbocycles. The minimum Gasteiger partial charge on any atom is -0.496 e. The number of carbonyl (C=O) groups is 4. The zero-order chi connectivity index (χ0) is 45.9. The van der Waals surface area contributed by atoms with E-state index in [0.717, 1.165) is 92.9 Å². The van der Waals surface area contributed by atoms with E-state index in [0.29, 0.717) is 48.1 Å². The summed E-state index contributed by atoms with van der Waals surface area (Å²) >= 11 is 0. The molecule has 0 bridgehead atoms. The molecule has 15 heteroatoms. The van der Waals surface area contributed by atoms with Crippen molar-refractivity contribution in [2.45, 2.75) is 102 Å². The maximum Gasteiger partial charge on any atom is 0.255 e. The van der Waals surface area contributed by atoms with E-state index in [-0.39, 0.29) is 47.6 Å². The van der Waals surface area contributed by atoms with Crippen LogP contribution in [0.15, 0.2) is 54.9 Å². The van der Waals surface area contributed by atoms with Gasteiger partial charge in [-0.25, -0.2) is 14.4 Å². The standard InChI is InChI=1S/C51H58FN7O7/c1-3-35-40(56-50(63)46(35)52)29-66-51-38-26-43(64-2)39(47(53)61)25-37(38)33(27-55-51)16-15-30-11-13-31(14-12-30)28-58-22-19-34(20-23-58)65-24-6-8-32-7-4-10-41-45(32)36-9-5-21-54-48(36)59(41)42-17-18-44(60)57-49(42)62/h4-5,7,9-10,21,25-27,30-31,34-35,40,42,46H,3,6,8,11-14,17-20,22-24,28-29H2,1-2H3,(H2,53,61)(H,56,63)(H,57,60,62)/t30?,31?,35-,40+,42?,46-/m0/s1. The third kappa shape index (κ3) is 9.31. The number of fused-ring (bicyclic) bond motifs is 4. The van der Waals surface area contributed by atoms with Crippen molar-refractivity contribution in [1.82, 2.24) is 30.1 Å². The van der Waals surface area contributed by atoms with Gasteiger partial charge in [-0.2, -0.15) is 0 Å². The van der Waals surface area contributed by atoms with Crippen LogP contribution < -0.4 is 25.8 Å². The Morgan fingerprint density at radius 1 is 0.970 bits per heavy atom. The van der Waals surface area contributed by atoms with Crippen molar-refractivity contribution in [1.29, 1.82) is 0 Å². The van der Waals surface area contributed by atoms with Gasteiger partial charge in [-0.1, -0.05) is 30.9 Å². The second-order valence-corrected chi connectivity index (χ2v) is 18.3. The van der Waals surface area contributed by atoms with Crippen molar-refractivity contribution in [3.8, 4) is 23.5 Å². The number of aromatic nitrogens is 3. The van der Waals surface area contributed by atoms with Crippen molar-refractivity contribution < 1.29 is 37.8 Å². The zero-order valence-electron chi connectivity index (χ0n) is 37.7. The summed E-state index contributed by atoms with van der Waals surface area (Å²) in [6.07, 6.45) is 11.3. The number of piperidine rings is 2. The van der Waals surface area contributed by atoms with Gasteiger partial charge >= 0.3 is 0 Å². The van der Waals surface area contributed by atoms with Gasteiger partial charge in [0, 0.05) is 78.4 Å². The average molecular weight is 900 g/mol. The number of imide groups is 1. The molecule has 4 atom stereocenters. The lowest BCUT2D eigenvalue weighted by atomic mass is 9.81. The Labute approximate surface area is 383 Å². The van der Waals surface area contributed by atoms with Gasteiger partial charge in [-0.3, -0.25) is 24.5 Å². The Hall–Kier alpha value is -6.11. The third-order valence-corrected chi connectivity index (χ3v) is 14.2. The average Bonchev–Trinajstić information content (AvgIpc) is 3.81. The summed E-state index contributed by atoms with van der Waals surface area (Å²) in [5.41, 5.74) is 9.53. The molecule has 4 amide bonds. The van der Waals surface area contributed by atoms with Gasteiger partial charge in [0.05, 0.1) is 35.9 Å². The number of methoxy groups -OCH3 is 1. The molecule has 2 aromatic carbocycles. The monoisotopic (exact) mass is 899 g/mol. The number of nitrogens with one attached hydrogen (secondary N) is 2. The van der Waals surface area contributed by atoms with Gasteiger partial charge in [0.2, 0.25) is 17.7 Å². The number of ether oxygens (including phenoxy) is 3. The SMILES string of the molecule is CC[C@@H]1[C@H](F)C(=O)N[C@@H]1COc1ncc(C#CC2CCC(CN3CCC(OCCCc4cccc5c4c4cccnc4n5C4CCC(=O)NC4=O)CC3)CC2)c2cc(C(N)=O)c(OC)cc12. The second-order valence-electron chi connectivity index (χ2n) is 18.3. The number of alkyl halides is 1. The number of rotatable bonds is 14. The number of hydrogen-bond donors (Lipinski definition) is 3. The van der Waals surface area contributed by atoms with Crippen molar-refractivity contribution in [3.05, 3.63) is 71.5 Å². The van der Waals surface area contributed by atoms with Crippen molar-refractivity contribution in [2.75, 3.05) is 40.0 Å². The summed E-state index contributed by atoms with van der Waals surface area (Å²) in [5, 5.41) is 8.57. The topological polar surface area (TPSA) is 180 Å². The minimum absolute atomic E-state index is 0.0383. The molecule has 4 aliphatic rings. The fourth-order valence-corrected chi connectivity index (χ4v) is 10.7. The fourth-order valence-electron chi connectivity index (χ4n) is 10.7. The summed E-state index contributed by atoms with van der Waals surface area (Å²) < 4.78 is 34.5. The van der Waals surface area contributed by atoms with Gasteiger partial charge in [0.15, 0.2) is 6.17 Å². The smallest absolute Gasteiger partial charge is 0.255 e. The molecule has 346 valence electrons. The largest absolute Gasteiger partial charge is 0.496 e. The normalized spacial score (nSPS) is 24.0. The van der Waals surface area contributed by atoms with Gasteiger partial charge in [0.1, 0.15) is 24.0 Å². The number of nitrogens with zero attached hydrogens (tertiary/aromatic N) is 4. The van der Waals surface area contributed by atoms with Gasteiger partial charge in [-0.15, -0.1) is 0 Å². The number of halogens is 1. The highest BCUT2D eigenvalue weighted by molar-refractivity contribution is 6.10. The van der Waals surface area contributed by atoms with E-state index in [9.17, 15) is 23.6 Å². The Morgan fingerprint density at radius 2 is 1.79 bits per heavy atom. The van der Waals surface area contributed by atoms with E-state index < -0.39 is 36.0 Å². The van der Waals surface area contributed by atoms with Crippen LogP contribution in [-0.4, -0.2) is 101 Å². The molecule has 4 N–H and O–H groups in total. The lowest BCUT2D eigenvalue weighted by Gasteiger charge is -2.36. The molecule has 3 saturated heterocycles.